The maximum atomic E-state index is 14.1. The molecule has 0 bridgehead atoms. The molecule has 2 atom stereocenters. The Hall–Kier alpha value is -2.67. The first-order chi connectivity index (χ1) is 15.7. The average molecular weight is 490 g/mol. The highest BCUT2D eigenvalue weighted by molar-refractivity contribution is 7.56. The number of rotatable bonds is 11. The minimum absolute atomic E-state index is 0.0142. The summed E-state index contributed by atoms with van der Waals surface area (Å²) in [6.07, 6.45) is 0.702. The number of carboxylic acids is 1. The van der Waals surface area contributed by atoms with Crippen LogP contribution in [0.2, 0.25) is 0 Å². The third kappa shape index (κ3) is 6.67. The summed E-state index contributed by atoms with van der Waals surface area (Å²) in [5.74, 6) is -1.21. The molecule has 176 valence electrons. The number of hydrogen-bond acceptors (Lipinski definition) is 6. The number of esters is 1. The lowest BCUT2D eigenvalue weighted by Crippen LogP contribution is -2.41. The van der Waals surface area contributed by atoms with Gasteiger partial charge in [-0.3, -0.25) is 9.36 Å². The molecular weight excluding hydrogens is 461 g/mol. The van der Waals surface area contributed by atoms with Gasteiger partial charge >= 0.3 is 19.5 Å². The number of hydrogen-bond donors (Lipinski definition) is 2. The van der Waals surface area contributed by atoms with Crippen molar-refractivity contribution in [2.24, 2.45) is 5.92 Å². The number of carbonyl (C=O) groups is 2. The minimum atomic E-state index is -3.61. The Morgan fingerprint density at radius 3 is 2.48 bits per heavy atom. The van der Waals surface area contributed by atoms with Crippen LogP contribution in [0.4, 0.5) is 0 Å². The monoisotopic (exact) mass is 489 g/mol. The van der Waals surface area contributed by atoms with Gasteiger partial charge in [0.1, 0.15) is 16.7 Å². The molecule has 1 unspecified atom stereocenters. The van der Waals surface area contributed by atoms with Crippen LogP contribution < -0.4 is 9.61 Å². The van der Waals surface area contributed by atoms with Crippen LogP contribution in [0.3, 0.4) is 0 Å². The lowest BCUT2D eigenvalue weighted by molar-refractivity contribution is -0.146. The Kier molecular flexibility index (Phi) is 8.30. The van der Waals surface area contributed by atoms with E-state index in [-0.39, 0.29) is 23.6 Å². The van der Waals surface area contributed by atoms with Crippen molar-refractivity contribution < 1.29 is 28.5 Å². The van der Waals surface area contributed by atoms with Crippen LogP contribution in [0.5, 0.6) is 5.75 Å². The van der Waals surface area contributed by atoms with Crippen LogP contribution in [0.1, 0.15) is 42.4 Å². The fourth-order valence-corrected chi connectivity index (χ4v) is 6.33. The fraction of sp³-hybridized carbons (Fsp3) is 0.333. The summed E-state index contributed by atoms with van der Waals surface area (Å²) in [6, 6.07) is 15.0. The molecule has 0 aliphatic carbocycles. The second-order valence-corrected chi connectivity index (χ2v) is 11.2. The highest BCUT2D eigenvalue weighted by atomic mass is 32.1. The smallest absolute Gasteiger partial charge is 0.345 e. The van der Waals surface area contributed by atoms with Crippen molar-refractivity contribution in [2.45, 2.75) is 39.4 Å². The molecule has 2 aromatic carbocycles. The molecule has 1 heterocycles. The van der Waals surface area contributed by atoms with Crippen molar-refractivity contribution in [3.05, 3.63) is 65.0 Å². The topological polar surface area (TPSA) is 102 Å². The van der Waals surface area contributed by atoms with E-state index < -0.39 is 25.5 Å². The van der Waals surface area contributed by atoms with E-state index in [4.69, 9.17) is 9.26 Å². The van der Waals surface area contributed by atoms with Crippen LogP contribution in [-0.4, -0.2) is 29.7 Å². The van der Waals surface area contributed by atoms with Gasteiger partial charge in [0.05, 0.1) is 12.8 Å². The number of fused-ring (bicyclic) bond motifs is 1. The van der Waals surface area contributed by atoms with Gasteiger partial charge in [-0.15, -0.1) is 11.3 Å². The van der Waals surface area contributed by atoms with Gasteiger partial charge in [0, 0.05) is 4.70 Å². The standard InChI is InChI=1S/C24H28NO6PS/c1-4-12-30-24(28)22(16(2)3)25-32(29,31-19-8-6-5-7-9-19)15-17-10-11-20-18(13-17)14-21(33-20)23(26)27/h5-11,13-14,16,22H,4,12,15H2,1-3H3,(H,25,29)(H,26,27)/t22-,32?/m0/s1. The number of nitrogens with one attached hydrogen (secondary N) is 1. The Balaban J connectivity index is 1.92. The van der Waals surface area contributed by atoms with Crippen molar-refractivity contribution in [2.75, 3.05) is 6.61 Å². The van der Waals surface area contributed by atoms with E-state index in [9.17, 15) is 19.3 Å². The average Bonchev–Trinajstić information content (AvgIpc) is 3.20. The Labute approximate surface area is 197 Å². The first-order valence-electron chi connectivity index (χ1n) is 10.7. The van der Waals surface area contributed by atoms with E-state index in [1.165, 1.54) is 11.3 Å². The molecule has 7 nitrogen and oxygen atoms in total. The summed E-state index contributed by atoms with van der Waals surface area (Å²) in [6.45, 7) is 5.89. The lowest BCUT2D eigenvalue weighted by Gasteiger charge is -2.27. The molecule has 1 aromatic heterocycles. The van der Waals surface area contributed by atoms with Crippen molar-refractivity contribution >= 4 is 40.9 Å². The summed E-state index contributed by atoms with van der Waals surface area (Å²) in [4.78, 5) is 24.2. The fourth-order valence-electron chi connectivity index (χ4n) is 3.27. The largest absolute Gasteiger partial charge is 0.477 e. The van der Waals surface area contributed by atoms with E-state index in [1.807, 2.05) is 32.9 Å². The van der Waals surface area contributed by atoms with Crippen LogP contribution in [0.25, 0.3) is 10.1 Å². The highest BCUT2D eigenvalue weighted by Gasteiger charge is 2.35. The molecule has 0 aliphatic heterocycles. The number of thiophene rings is 1. The second-order valence-electron chi connectivity index (χ2n) is 8.04. The van der Waals surface area contributed by atoms with Gasteiger partial charge in [-0.25, -0.2) is 9.88 Å². The van der Waals surface area contributed by atoms with Crippen molar-refractivity contribution in [1.82, 2.24) is 5.09 Å². The first kappa shape index (κ1) is 25.0. The molecule has 2 N–H and O–H groups in total. The van der Waals surface area contributed by atoms with Crippen LogP contribution >= 0.6 is 18.9 Å². The highest BCUT2D eigenvalue weighted by Crippen LogP contribution is 2.48. The Bertz CT molecular complexity index is 1160. The molecule has 0 saturated heterocycles. The van der Waals surface area contributed by atoms with Gasteiger partial charge in [0.25, 0.3) is 0 Å². The Morgan fingerprint density at radius 1 is 1.12 bits per heavy atom. The van der Waals surface area contributed by atoms with Gasteiger partial charge in [-0.2, -0.15) is 0 Å². The lowest BCUT2D eigenvalue weighted by atomic mass is 10.1. The van der Waals surface area contributed by atoms with E-state index in [0.29, 0.717) is 17.7 Å². The number of aromatic carboxylic acids is 1. The zero-order valence-electron chi connectivity index (χ0n) is 18.8. The predicted octanol–water partition coefficient (Wildman–Crippen LogP) is 5.94. The van der Waals surface area contributed by atoms with Gasteiger partial charge in [0.2, 0.25) is 0 Å². The number of ether oxygens (including phenoxy) is 1. The summed E-state index contributed by atoms with van der Waals surface area (Å²) < 4.78 is 26.1. The minimum Gasteiger partial charge on any atom is -0.477 e. The molecule has 3 rings (SSSR count). The van der Waals surface area contributed by atoms with E-state index in [0.717, 1.165) is 10.1 Å². The molecule has 33 heavy (non-hydrogen) atoms. The molecular formula is C24H28NO6PS. The van der Waals surface area contributed by atoms with Crippen molar-refractivity contribution in [3.63, 3.8) is 0 Å². The molecule has 0 amide bonds. The summed E-state index contributed by atoms with van der Waals surface area (Å²) in [7, 11) is -3.61. The number of benzene rings is 2. The summed E-state index contributed by atoms with van der Waals surface area (Å²) in [5.41, 5.74) is 0.702. The van der Waals surface area contributed by atoms with Crippen LogP contribution in [0.15, 0.2) is 54.6 Å². The third-order valence-corrected chi connectivity index (χ3v) is 7.95. The molecule has 0 radical (unpaired) electrons. The van der Waals surface area contributed by atoms with E-state index >= 15 is 0 Å². The molecule has 0 spiro atoms. The number of carboxylic acid groups (broad SMARTS) is 1. The van der Waals surface area contributed by atoms with Gasteiger partial charge in [0.15, 0.2) is 0 Å². The van der Waals surface area contributed by atoms with E-state index in [1.54, 1.807) is 42.5 Å². The van der Waals surface area contributed by atoms with Crippen LogP contribution in [-0.2, 0) is 20.3 Å². The van der Waals surface area contributed by atoms with Crippen LogP contribution in [0, 0.1) is 5.92 Å². The number of para-hydroxylation sites is 1. The summed E-state index contributed by atoms with van der Waals surface area (Å²) >= 11 is 1.18. The Morgan fingerprint density at radius 2 is 1.85 bits per heavy atom. The third-order valence-electron chi connectivity index (χ3n) is 4.88. The van der Waals surface area contributed by atoms with E-state index in [2.05, 4.69) is 5.09 Å². The normalized spacial score (nSPS) is 14.1. The first-order valence-corrected chi connectivity index (χ1v) is 13.4. The van der Waals surface area contributed by atoms with Gasteiger partial charge in [-0.05, 0) is 53.6 Å². The van der Waals surface area contributed by atoms with Gasteiger partial charge in [-0.1, -0.05) is 45.0 Å². The SMILES string of the molecule is CCCOC(=O)[C@@H](NP(=O)(Cc1ccc2sc(C(=O)O)cc2c1)Oc1ccccc1)C(C)C. The zero-order valence-corrected chi connectivity index (χ0v) is 20.5. The molecule has 0 saturated carbocycles. The molecule has 0 fully saturated rings. The second kappa shape index (κ2) is 11.0. The molecule has 0 aliphatic rings. The maximum absolute atomic E-state index is 14.1. The molecule has 9 heteroatoms. The van der Waals surface area contributed by atoms with Gasteiger partial charge < -0.3 is 14.4 Å². The molecule has 3 aromatic rings. The van der Waals surface area contributed by atoms with Crippen molar-refractivity contribution in [1.29, 1.82) is 0 Å². The maximum Gasteiger partial charge on any atom is 0.345 e. The number of carbonyl (C=O) groups excluding carboxylic acids is 1. The predicted molar refractivity (Wildman–Crippen MR) is 130 cm³/mol. The quantitative estimate of drug-likeness (QED) is 0.254. The zero-order chi connectivity index (χ0) is 24.0. The van der Waals surface area contributed by atoms with Crippen molar-refractivity contribution in [3.8, 4) is 5.75 Å². The summed E-state index contributed by atoms with van der Waals surface area (Å²) in [5, 5.41) is 13.0.